The summed E-state index contributed by atoms with van der Waals surface area (Å²) >= 11 is 6.27. The number of aliphatic hydroxyl groups excluding tert-OH is 1. The van der Waals surface area contributed by atoms with Gasteiger partial charge in [-0.15, -0.1) is 10.2 Å². The summed E-state index contributed by atoms with van der Waals surface area (Å²) in [6.45, 7) is 3.95. The lowest BCUT2D eigenvalue weighted by Gasteiger charge is -2.09. The largest absolute Gasteiger partial charge is 0.391 e. The van der Waals surface area contributed by atoms with Crippen LogP contribution in [-0.2, 0) is 6.54 Å². The molecule has 6 rings (SSSR count). The Balaban J connectivity index is 1.30. The maximum absolute atomic E-state index is 14.7. The number of rotatable bonds is 7. The van der Waals surface area contributed by atoms with E-state index in [0.717, 1.165) is 35.7 Å². The van der Waals surface area contributed by atoms with Crippen molar-refractivity contribution in [2.75, 3.05) is 5.32 Å². The fraction of sp³-hybridized carbons (Fsp3) is 0.280. The number of fused-ring (bicyclic) bond motifs is 1. The van der Waals surface area contributed by atoms with E-state index < -0.39 is 17.8 Å². The Morgan fingerprint density at radius 2 is 2.08 bits per heavy atom. The summed E-state index contributed by atoms with van der Waals surface area (Å²) in [4.78, 5) is 14.8. The average Bonchev–Trinajstić information content (AvgIpc) is 3.28. The summed E-state index contributed by atoms with van der Waals surface area (Å²) in [7, 11) is 0. The number of pyridine rings is 1. The molecule has 0 bridgehead atoms. The second-order valence-corrected chi connectivity index (χ2v) is 9.84. The van der Waals surface area contributed by atoms with Crippen molar-refractivity contribution in [1.82, 2.24) is 39.6 Å². The number of halogens is 2. The van der Waals surface area contributed by atoms with Gasteiger partial charge in [0, 0.05) is 18.0 Å². The maximum atomic E-state index is 14.7. The first-order chi connectivity index (χ1) is 18.3. The Hall–Kier alpha value is -4.16. The van der Waals surface area contributed by atoms with Crippen molar-refractivity contribution < 1.29 is 14.3 Å². The first-order valence-electron chi connectivity index (χ1n) is 12.1. The Morgan fingerprint density at radius 1 is 1.26 bits per heavy atom. The van der Waals surface area contributed by atoms with Crippen molar-refractivity contribution in [2.24, 2.45) is 0 Å². The topological polar surface area (TPSA) is 128 Å². The molecule has 1 unspecified atom stereocenters. The quantitative estimate of drug-likeness (QED) is 0.323. The van der Waals surface area contributed by atoms with Gasteiger partial charge in [0.1, 0.15) is 5.82 Å². The van der Waals surface area contributed by atoms with E-state index in [2.05, 4.69) is 30.9 Å². The van der Waals surface area contributed by atoms with Gasteiger partial charge in [-0.25, -0.2) is 8.91 Å². The molecule has 1 amide bonds. The Kier molecular flexibility index (Phi) is 5.92. The molecule has 4 aromatic heterocycles. The minimum absolute atomic E-state index is 0.0347. The molecular weight excluding hydrogens is 513 g/mol. The molecular formula is C25H23ClFN9O2. The van der Waals surface area contributed by atoms with E-state index in [1.807, 2.05) is 25.3 Å². The van der Waals surface area contributed by atoms with Crippen LogP contribution in [0, 0.1) is 12.7 Å². The highest BCUT2D eigenvalue weighted by Crippen LogP contribution is 2.35. The lowest BCUT2D eigenvalue weighted by atomic mass is 10.1. The van der Waals surface area contributed by atoms with Gasteiger partial charge in [0.25, 0.3) is 5.91 Å². The lowest BCUT2D eigenvalue weighted by molar-refractivity contribution is 0.102. The Morgan fingerprint density at radius 3 is 2.84 bits per heavy atom. The third-order valence-corrected chi connectivity index (χ3v) is 6.64. The van der Waals surface area contributed by atoms with Crippen molar-refractivity contribution in [3.63, 3.8) is 0 Å². The van der Waals surface area contributed by atoms with Gasteiger partial charge in [-0.3, -0.25) is 9.48 Å². The first kappa shape index (κ1) is 24.2. The van der Waals surface area contributed by atoms with E-state index in [9.17, 15) is 14.3 Å². The van der Waals surface area contributed by atoms with E-state index in [1.165, 1.54) is 17.1 Å². The standard InChI is InChI=1S/C25H23ClFN9O2/c1-13(37)11-34-12-19(14(2)31-34)15-5-6-35-23(7-15)18(10-28-35)25(38)29-22-8-17(21(27)9-20(22)26)24-30-33-36(32-24)16-3-4-16/h5-10,12-13,16,37H,3-4,11H2,1-2H3,(H,29,38). The highest BCUT2D eigenvalue weighted by molar-refractivity contribution is 6.34. The van der Waals surface area contributed by atoms with Gasteiger partial charge in [0.05, 0.1) is 57.9 Å². The molecule has 0 spiro atoms. The number of nitrogens with zero attached hydrogens (tertiary/aromatic N) is 8. The molecule has 0 saturated heterocycles. The van der Waals surface area contributed by atoms with E-state index in [4.69, 9.17) is 11.6 Å². The summed E-state index contributed by atoms with van der Waals surface area (Å²) in [5.41, 5.74) is 3.67. The van der Waals surface area contributed by atoms with Crippen LogP contribution in [0.25, 0.3) is 28.0 Å². The molecule has 0 radical (unpaired) electrons. The molecule has 1 aromatic carbocycles. The van der Waals surface area contributed by atoms with Crippen LogP contribution in [0.15, 0.2) is 42.9 Å². The number of tetrazole rings is 1. The minimum Gasteiger partial charge on any atom is -0.391 e. The molecule has 11 nitrogen and oxygen atoms in total. The van der Waals surface area contributed by atoms with Gasteiger partial charge in [0.2, 0.25) is 5.82 Å². The van der Waals surface area contributed by atoms with Gasteiger partial charge in [0.15, 0.2) is 0 Å². The fourth-order valence-corrected chi connectivity index (χ4v) is 4.49. The van der Waals surface area contributed by atoms with Crippen molar-refractivity contribution in [3.05, 3.63) is 65.0 Å². The molecule has 1 aliphatic carbocycles. The van der Waals surface area contributed by atoms with Crippen molar-refractivity contribution in [1.29, 1.82) is 0 Å². The van der Waals surface area contributed by atoms with E-state index in [0.29, 0.717) is 17.6 Å². The zero-order valence-corrected chi connectivity index (χ0v) is 21.3. The minimum atomic E-state index is -0.615. The number of aliphatic hydroxyl groups is 1. The van der Waals surface area contributed by atoms with Crippen LogP contribution in [0.1, 0.15) is 41.9 Å². The molecule has 1 saturated carbocycles. The molecule has 38 heavy (non-hydrogen) atoms. The number of aryl methyl sites for hydroxylation is 1. The first-order valence-corrected chi connectivity index (χ1v) is 12.4. The van der Waals surface area contributed by atoms with E-state index in [1.54, 1.807) is 22.3 Å². The number of carbonyl (C=O) groups is 1. The predicted molar refractivity (Wildman–Crippen MR) is 137 cm³/mol. The number of hydrogen-bond donors (Lipinski definition) is 2. The van der Waals surface area contributed by atoms with Crippen molar-refractivity contribution in [2.45, 2.75) is 45.4 Å². The zero-order chi connectivity index (χ0) is 26.6. The van der Waals surface area contributed by atoms with Crippen LogP contribution in [0.2, 0.25) is 5.02 Å². The average molecular weight is 536 g/mol. The third-order valence-electron chi connectivity index (χ3n) is 6.32. The van der Waals surface area contributed by atoms with Crippen LogP contribution in [0.5, 0.6) is 0 Å². The van der Waals surface area contributed by atoms with Crippen LogP contribution in [0.4, 0.5) is 10.1 Å². The van der Waals surface area contributed by atoms with E-state index >= 15 is 0 Å². The van der Waals surface area contributed by atoms with Crippen molar-refractivity contribution >= 4 is 28.7 Å². The molecule has 194 valence electrons. The van der Waals surface area contributed by atoms with Gasteiger partial charge in [-0.1, -0.05) is 11.6 Å². The molecule has 4 heterocycles. The summed E-state index contributed by atoms with van der Waals surface area (Å²) in [6, 6.07) is 6.44. The normalized spacial score (nSPS) is 14.2. The number of carbonyl (C=O) groups excluding carboxylic acids is 1. The molecule has 1 aliphatic rings. The van der Waals surface area contributed by atoms with Gasteiger partial charge in [-0.2, -0.15) is 15.0 Å². The number of benzene rings is 1. The highest BCUT2D eigenvalue weighted by atomic mass is 35.5. The molecule has 5 aromatic rings. The maximum Gasteiger partial charge on any atom is 0.259 e. The fourth-order valence-electron chi connectivity index (χ4n) is 4.29. The lowest BCUT2D eigenvalue weighted by Crippen LogP contribution is -2.12. The Bertz CT molecular complexity index is 1690. The van der Waals surface area contributed by atoms with Crippen molar-refractivity contribution in [3.8, 4) is 22.5 Å². The zero-order valence-electron chi connectivity index (χ0n) is 20.5. The molecule has 1 fully saturated rings. The van der Waals surface area contributed by atoms with Gasteiger partial charge < -0.3 is 10.4 Å². The molecule has 13 heteroatoms. The van der Waals surface area contributed by atoms with Gasteiger partial charge in [-0.05, 0) is 61.7 Å². The summed E-state index contributed by atoms with van der Waals surface area (Å²) in [5.74, 6) is -0.961. The predicted octanol–water partition coefficient (Wildman–Crippen LogP) is 3.92. The number of anilines is 1. The van der Waals surface area contributed by atoms with Crippen LogP contribution >= 0.6 is 11.6 Å². The monoisotopic (exact) mass is 535 g/mol. The summed E-state index contributed by atoms with van der Waals surface area (Å²) in [6.07, 6.45) is 6.47. The molecule has 1 atom stereocenters. The van der Waals surface area contributed by atoms with Gasteiger partial charge >= 0.3 is 0 Å². The summed E-state index contributed by atoms with van der Waals surface area (Å²) < 4.78 is 18.0. The number of amides is 1. The smallest absolute Gasteiger partial charge is 0.259 e. The summed E-state index contributed by atoms with van der Waals surface area (Å²) in [5, 5.41) is 33.5. The Labute approximate surface area is 220 Å². The second-order valence-electron chi connectivity index (χ2n) is 9.43. The van der Waals surface area contributed by atoms with Crippen LogP contribution in [-0.4, -0.2) is 56.7 Å². The third kappa shape index (κ3) is 4.52. The number of nitrogens with one attached hydrogen (secondary N) is 1. The van der Waals surface area contributed by atoms with Crippen LogP contribution < -0.4 is 5.32 Å². The van der Waals surface area contributed by atoms with Crippen LogP contribution in [0.3, 0.4) is 0 Å². The highest BCUT2D eigenvalue weighted by Gasteiger charge is 2.27. The van der Waals surface area contributed by atoms with E-state index in [-0.39, 0.29) is 28.1 Å². The number of hydrogen-bond acceptors (Lipinski definition) is 7. The second kappa shape index (κ2) is 9.30. The molecule has 2 N–H and O–H groups in total. The molecule has 0 aliphatic heterocycles. The SMILES string of the molecule is Cc1nn(CC(C)O)cc1-c1ccn2ncc(C(=O)Nc3cc(-c4nnn(C5CC5)n4)c(F)cc3Cl)c2c1. The number of aromatic nitrogens is 8.